The SMILES string of the molecule is CN1CCN(c2ccc(-c3cc(OCCc4c(Cl)ccc(F)c4Cl)c(N)nn3)cn2)CC1. The first-order valence-electron chi connectivity index (χ1n) is 10.2. The Morgan fingerprint density at radius 1 is 1.09 bits per heavy atom. The molecule has 1 aliphatic rings. The van der Waals surface area contributed by atoms with Crippen LogP contribution >= 0.6 is 23.2 Å². The van der Waals surface area contributed by atoms with E-state index in [2.05, 4.69) is 32.0 Å². The Balaban J connectivity index is 1.44. The Hall–Kier alpha value is -2.68. The van der Waals surface area contributed by atoms with Crippen molar-refractivity contribution in [1.29, 1.82) is 0 Å². The van der Waals surface area contributed by atoms with Crippen LogP contribution in [-0.4, -0.2) is 59.9 Å². The quantitative estimate of drug-likeness (QED) is 0.539. The second-order valence-corrected chi connectivity index (χ2v) is 8.38. The molecule has 2 N–H and O–H groups in total. The predicted octanol–water partition coefficient (Wildman–Crippen LogP) is 3.94. The van der Waals surface area contributed by atoms with Crippen molar-refractivity contribution in [2.75, 3.05) is 50.5 Å². The Bertz CT molecular complexity index is 1090. The fourth-order valence-corrected chi connectivity index (χ4v) is 4.02. The number of aromatic nitrogens is 3. The molecule has 7 nitrogen and oxygen atoms in total. The maximum atomic E-state index is 13.7. The first-order valence-corrected chi connectivity index (χ1v) is 11.0. The lowest BCUT2D eigenvalue weighted by atomic mass is 10.1. The van der Waals surface area contributed by atoms with E-state index >= 15 is 0 Å². The van der Waals surface area contributed by atoms with E-state index < -0.39 is 5.82 Å². The highest BCUT2D eigenvalue weighted by Crippen LogP contribution is 2.29. The van der Waals surface area contributed by atoms with Crippen LogP contribution in [0.15, 0.2) is 36.5 Å². The summed E-state index contributed by atoms with van der Waals surface area (Å²) in [6.07, 6.45) is 2.08. The Morgan fingerprint density at radius 3 is 2.59 bits per heavy atom. The zero-order valence-electron chi connectivity index (χ0n) is 17.6. The average molecular weight is 477 g/mol. The molecular weight excluding hydrogens is 454 g/mol. The lowest BCUT2D eigenvalue weighted by Gasteiger charge is -2.33. The minimum Gasteiger partial charge on any atom is -0.489 e. The number of halogens is 3. The van der Waals surface area contributed by atoms with Crippen LogP contribution < -0.4 is 15.4 Å². The van der Waals surface area contributed by atoms with E-state index in [0.29, 0.717) is 28.5 Å². The summed E-state index contributed by atoms with van der Waals surface area (Å²) in [6.45, 7) is 4.11. The van der Waals surface area contributed by atoms with Crippen LogP contribution in [0, 0.1) is 5.82 Å². The van der Waals surface area contributed by atoms with Gasteiger partial charge >= 0.3 is 0 Å². The van der Waals surface area contributed by atoms with Gasteiger partial charge in [0, 0.05) is 55.4 Å². The summed E-state index contributed by atoms with van der Waals surface area (Å²) in [6, 6.07) is 8.35. The summed E-state index contributed by atoms with van der Waals surface area (Å²) in [5.74, 6) is 0.950. The van der Waals surface area contributed by atoms with Crippen LogP contribution in [0.2, 0.25) is 10.0 Å². The monoisotopic (exact) mass is 476 g/mol. The molecule has 1 aliphatic heterocycles. The number of benzene rings is 1. The largest absolute Gasteiger partial charge is 0.489 e. The second-order valence-electron chi connectivity index (χ2n) is 7.59. The number of likely N-dealkylation sites (N-methyl/N-ethyl adjacent to an activating group) is 1. The van der Waals surface area contributed by atoms with E-state index in [1.807, 2.05) is 12.1 Å². The molecule has 0 saturated carbocycles. The van der Waals surface area contributed by atoms with Crippen molar-refractivity contribution in [1.82, 2.24) is 20.1 Å². The van der Waals surface area contributed by atoms with Gasteiger partial charge in [-0.25, -0.2) is 9.37 Å². The molecule has 10 heteroatoms. The Labute approximate surface area is 195 Å². The highest BCUT2D eigenvalue weighted by atomic mass is 35.5. The first-order chi connectivity index (χ1) is 15.4. The van der Waals surface area contributed by atoms with Crippen LogP contribution in [0.5, 0.6) is 5.75 Å². The van der Waals surface area contributed by atoms with Gasteiger partial charge in [0.05, 0.1) is 17.3 Å². The number of nitrogens with two attached hydrogens (primary N) is 1. The van der Waals surface area contributed by atoms with E-state index in [1.54, 1.807) is 12.3 Å². The van der Waals surface area contributed by atoms with Crippen molar-refractivity contribution in [3.8, 4) is 17.0 Å². The average Bonchev–Trinajstić information content (AvgIpc) is 2.80. The molecule has 1 fully saturated rings. The molecule has 0 spiro atoms. The van der Waals surface area contributed by atoms with E-state index in [-0.39, 0.29) is 17.4 Å². The lowest BCUT2D eigenvalue weighted by molar-refractivity contribution is 0.312. The number of rotatable bonds is 6. The lowest BCUT2D eigenvalue weighted by Crippen LogP contribution is -2.44. The van der Waals surface area contributed by atoms with Crippen molar-refractivity contribution in [3.05, 3.63) is 58.0 Å². The molecule has 0 amide bonds. The first kappa shape index (κ1) is 22.5. The van der Waals surface area contributed by atoms with Crippen LogP contribution in [0.25, 0.3) is 11.3 Å². The molecule has 0 radical (unpaired) electrons. The normalized spacial score (nSPS) is 14.6. The number of piperazine rings is 1. The minimum absolute atomic E-state index is 0.00544. The summed E-state index contributed by atoms with van der Waals surface area (Å²) in [5, 5.41) is 8.54. The number of pyridine rings is 1. The van der Waals surface area contributed by atoms with Gasteiger partial charge in [0.2, 0.25) is 0 Å². The smallest absolute Gasteiger partial charge is 0.188 e. The zero-order valence-corrected chi connectivity index (χ0v) is 19.1. The third kappa shape index (κ3) is 5.03. The molecule has 0 atom stereocenters. The highest BCUT2D eigenvalue weighted by Gasteiger charge is 2.16. The molecule has 3 heterocycles. The number of nitrogens with zero attached hydrogens (tertiary/aromatic N) is 5. The summed E-state index contributed by atoms with van der Waals surface area (Å²) in [4.78, 5) is 9.15. The topological polar surface area (TPSA) is 80.4 Å². The van der Waals surface area contributed by atoms with Crippen LogP contribution in [0.3, 0.4) is 0 Å². The van der Waals surface area contributed by atoms with Gasteiger partial charge in [-0.1, -0.05) is 23.2 Å². The maximum Gasteiger partial charge on any atom is 0.188 e. The fraction of sp³-hybridized carbons (Fsp3) is 0.318. The van der Waals surface area contributed by atoms with Crippen LogP contribution in [0.4, 0.5) is 16.0 Å². The van der Waals surface area contributed by atoms with Gasteiger partial charge in [0.15, 0.2) is 11.6 Å². The molecule has 1 saturated heterocycles. The molecule has 1 aromatic carbocycles. The molecule has 168 valence electrons. The molecule has 32 heavy (non-hydrogen) atoms. The predicted molar refractivity (Wildman–Crippen MR) is 125 cm³/mol. The van der Waals surface area contributed by atoms with Gasteiger partial charge < -0.3 is 20.3 Å². The molecule has 0 bridgehead atoms. The standard InChI is InChI=1S/C22H23Cl2FN6O/c1-30-7-9-31(10-8-30)20-5-2-14(13-27-20)18-12-19(22(26)29-28-18)32-11-6-15-16(23)3-4-17(25)21(15)24/h2-5,12-13H,6-11H2,1H3,(H2,26,29). The summed E-state index contributed by atoms with van der Waals surface area (Å²) < 4.78 is 19.5. The molecule has 0 aliphatic carbocycles. The fourth-order valence-electron chi connectivity index (χ4n) is 3.46. The van der Waals surface area contributed by atoms with Gasteiger partial charge in [0.1, 0.15) is 11.6 Å². The molecule has 4 rings (SSSR count). The number of nitrogen functional groups attached to an aromatic ring is 1. The minimum atomic E-state index is -0.522. The van der Waals surface area contributed by atoms with Gasteiger partial charge in [-0.15, -0.1) is 10.2 Å². The Kier molecular flexibility index (Phi) is 6.93. The van der Waals surface area contributed by atoms with Crippen molar-refractivity contribution < 1.29 is 9.13 Å². The van der Waals surface area contributed by atoms with Crippen molar-refractivity contribution in [3.63, 3.8) is 0 Å². The third-order valence-corrected chi connectivity index (χ3v) is 6.17. The van der Waals surface area contributed by atoms with Crippen LogP contribution in [0.1, 0.15) is 5.56 Å². The number of ether oxygens (including phenoxy) is 1. The number of hydrogen-bond acceptors (Lipinski definition) is 7. The van der Waals surface area contributed by atoms with Gasteiger partial charge in [0.25, 0.3) is 0 Å². The van der Waals surface area contributed by atoms with Crippen molar-refractivity contribution >= 4 is 34.8 Å². The number of anilines is 2. The van der Waals surface area contributed by atoms with Crippen LogP contribution in [-0.2, 0) is 6.42 Å². The summed E-state index contributed by atoms with van der Waals surface area (Å²) >= 11 is 12.1. The van der Waals surface area contributed by atoms with E-state index in [0.717, 1.165) is 37.6 Å². The maximum absolute atomic E-state index is 13.7. The van der Waals surface area contributed by atoms with E-state index in [9.17, 15) is 4.39 Å². The highest BCUT2D eigenvalue weighted by molar-refractivity contribution is 6.36. The van der Waals surface area contributed by atoms with Crippen molar-refractivity contribution in [2.24, 2.45) is 0 Å². The second kappa shape index (κ2) is 9.85. The number of hydrogen-bond donors (Lipinski definition) is 1. The van der Waals surface area contributed by atoms with Gasteiger partial charge in [-0.05, 0) is 36.9 Å². The summed E-state index contributed by atoms with van der Waals surface area (Å²) in [7, 11) is 2.12. The molecular formula is C22H23Cl2FN6O. The van der Waals surface area contributed by atoms with Crippen molar-refractivity contribution in [2.45, 2.75) is 6.42 Å². The molecule has 3 aromatic rings. The third-order valence-electron chi connectivity index (χ3n) is 5.41. The summed E-state index contributed by atoms with van der Waals surface area (Å²) in [5.41, 5.74) is 7.80. The van der Waals surface area contributed by atoms with E-state index in [4.69, 9.17) is 33.7 Å². The van der Waals surface area contributed by atoms with Gasteiger partial charge in [-0.2, -0.15) is 0 Å². The molecule has 0 unspecified atom stereocenters. The molecule has 2 aromatic heterocycles. The van der Waals surface area contributed by atoms with Gasteiger partial charge in [-0.3, -0.25) is 0 Å². The Morgan fingerprint density at radius 2 is 1.88 bits per heavy atom. The van der Waals surface area contributed by atoms with E-state index in [1.165, 1.54) is 12.1 Å². The zero-order chi connectivity index (χ0) is 22.7.